The lowest BCUT2D eigenvalue weighted by Gasteiger charge is -2.22. The maximum absolute atomic E-state index is 4.07. The Morgan fingerprint density at radius 3 is 2.24 bits per heavy atom. The number of nitrogens with one attached hydrogen (secondary N) is 1. The van der Waals surface area contributed by atoms with Crippen molar-refractivity contribution in [3.63, 3.8) is 0 Å². The van der Waals surface area contributed by atoms with Crippen LogP contribution >= 0.6 is 0 Å². The molecule has 0 aliphatic heterocycles. The maximum Gasteiger partial charge on any atom is 0.115 e. The molecule has 0 aliphatic rings. The Morgan fingerprint density at radius 1 is 0.857 bits per heavy atom. The minimum Gasteiger partial charge on any atom is -0.372 e. The molecule has 1 atom stereocenters. The van der Waals surface area contributed by atoms with Crippen LogP contribution in [0, 0.1) is 6.92 Å². The smallest absolute Gasteiger partial charge is 0.115 e. The van der Waals surface area contributed by atoms with E-state index >= 15 is 0 Å². The number of anilines is 1. The fraction of sp³-hybridized carbons (Fsp3) is 0.111. The molecule has 3 heteroatoms. The van der Waals surface area contributed by atoms with Gasteiger partial charge in [0.25, 0.3) is 0 Å². The third kappa shape index (κ3) is 3.08. The molecule has 0 fully saturated rings. The number of nitrogens with zero attached hydrogens (tertiary/aromatic N) is 2. The number of hydrogen-bond acceptors (Lipinski definition) is 3. The van der Waals surface area contributed by atoms with Crippen molar-refractivity contribution in [1.29, 1.82) is 0 Å². The monoisotopic (exact) mass is 275 g/mol. The standard InChI is InChI=1S/C18H17N3/c1-14-7-5-6-10-17(14)18(15-8-3-2-4-9-15)21-16-11-19-13-20-12-16/h2-13,18,21H,1H3. The maximum atomic E-state index is 4.07. The molecule has 0 saturated heterocycles. The van der Waals surface area contributed by atoms with Crippen LogP contribution in [0.1, 0.15) is 22.7 Å². The molecule has 3 nitrogen and oxygen atoms in total. The van der Waals surface area contributed by atoms with Crippen molar-refractivity contribution < 1.29 is 0 Å². The van der Waals surface area contributed by atoms with Crippen molar-refractivity contribution >= 4 is 5.69 Å². The van der Waals surface area contributed by atoms with Gasteiger partial charge in [0.2, 0.25) is 0 Å². The van der Waals surface area contributed by atoms with Crippen LogP contribution in [-0.2, 0) is 0 Å². The normalized spacial score (nSPS) is 11.9. The van der Waals surface area contributed by atoms with Gasteiger partial charge in [-0.2, -0.15) is 0 Å². The summed E-state index contributed by atoms with van der Waals surface area (Å²) in [7, 11) is 0. The lowest BCUT2D eigenvalue weighted by atomic mass is 9.95. The molecule has 0 aliphatic carbocycles. The minimum atomic E-state index is 0.0819. The summed E-state index contributed by atoms with van der Waals surface area (Å²) in [6.07, 6.45) is 5.12. The van der Waals surface area contributed by atoms with Gasteiger partial charge in [0.1, 0.15) is 6.33 Å². The van der Waals surface area contributed by atoms with Gasteiger partial charge < -0.3 is 5.32 Å². The first-order valence-electron chi connectivity index (χ1n) is 6.96. The summed E-state index contributed by atoms with van der Waals surface area (Å²) in [6, 6.07) is 18.9. The molecule has 3 rings (SSSR count). The van der Waals surface area contributed by atoms with E-state index < -0.39 is 0 Å². The number of benzene rings is 2. The van der Waals surface area contributed by atoms with Crippen LogP contribution in [-0.4, -0.2) is 9.97 Å². The predicted octanol–water partition coefficient (Wildman–Crippen LogP) is 3.99. The molecule has 21 heavy (non-hydrogen) atoms. The molecule has 0 radical (unpaired) electrons. The van der Waals surface area contributed by atoms with E-state index in [9.17, 15) is 0 Å². The Morgan fingerprint density at radius 2 is 1.52 bits per heavy atom. The summed E-state index contributed by atoms with van der Waals surface area (Å²) in [5.41, 5.74) is 4.65. The van der Waals surface area contributed by atoms with Gasteiger partial charge in [-0.15, -0.1) is 0 Å². The van der Waals surface area contributed by atoms with Gasteiger partial charge in [-0.1, -0.05) is 54.6 Å². The number of rotatable bonds is 4. The highest BCUT2D eigenvalue weighted by Crippen LogP contribution is 2.28. The SMILES string of the molecule is Cc1ccccc1C(Nc1cncnc1)c1ccccc1. The molecule has 3 aromatic rings. The molecule has 1 N–H and O–H groups in total. The van der Waals surface area contributed by atoms with Crippen LogP contribution in [0.4, 0.5) is 5.69 Å². The average Bonchev–Trinajstić information content (AvgIpc) is 2.55. The molecule has 0 saturated carbocycles. The van der Waals surface area contributed by atoms with Crippen LogP contribution < -0.4 is 5.32 Å². The van der Waals surface area contributed by atoms with Crippen LogP contribution in [0.25, 0.3) is 0 Å². The quantitative estimate of drug-likeness (QED) is 0.782. The summed E-state index contributed by atoms with van der Waals surface area (Å²) in [6.45, 7) is 2.13. The highest BCUT2D eigenvalue weighted by Gasteiger charge is 2.15. The van der Waals surface area contributed by atoms with Crippen molar-refractivity contribution in [3.05, 3.63) is 90.0 Å². The summed E-state index contributed by atoms with van der Waals surface area (Å²) >= 11 is 0. The van der Waals surface area contributed by atoms with E-state index in [1.54, 1.807) is 12.4 Å². The van der Waals surface area contributed by atoms with Crippen molar-refractivity contribution in [3.8, 4) is 0 Å². The Balaban J connectivity index is 2.02. The number of aromatic nitrogens is 2. The van der Waals surface area contributed by atoms with E-state index in [0.717, 1.165) is 5.69 Å². The van der Waals surface area contributed by atoms with Gasteiger partial charge in [0, 0.05) is 0 Å². The van der Waals surface area contributed by atoms with E-state index in [2.05, 4.69) is 70.7 Å². The molecule has 2 aromatic carbocycles. The van der Waals surface area contributed by atoms with Crippen molar-refractivity contribution in [2.45, 2.75) is 13.0 Å². The molecular formula is C18H17N3. The van der Waals surface area contributed by atoms with E-state index in [1.165, 1.54) is 23.0 Å². The average molecular weight is 275 g/mol. The molecule has 104 valence electrons. The van der Waals surface area contributed by atoms with Gasteiger partial charge in [-0.05, 0) is 23.6 Å². The van der Waals surface area contributed by atoms with Crippen molar-refractivity contribution in [2.24, 2.45) is 0 Å². The van der Waals surface area contributed by atoms with Crippen molar-refractivity contribution in [2.75, 3.05) is 5.32 Å². The zero-order chi connectivity index (χ0) is 14.5. The zero-order valence-electron chi connectivity index (χ0n) is 11.9. The first-order chi connectivity index (χ1) is 10.3. The largest absolute Gasteiger partial charge is 0.372 e. The highest BCUT2D eigenvalue weighted by molar-refractivity contribution is 5.48. The van der Waals surface area contributed by atoms with Crippen LogP contribution in [0.5, 0.6) is 0 Å². The van der Waals surface area contributed by atoms with Crippen LogP contribution in [0.3, 0.4) is 0 Å². The second-order valence-corrected chi connectivity index (χ2v) is 4.97. The molecule has 1 unspecified atom stereocenters. The lowest BCUT2D eigenvalue weighted by molar-refractivity contribution is 0.920. The third-order valence-corrected chi connectivity index (χ3v) is 3.50. The Kier molecular flexibility index (Phi) is 3.92. The molecular weight excluding hydrogens is 258 g/mol. The molecule has 0 bridgehead atoms. The van der Waals surface area contributed by atoms with E-state index in [-0.39, 0.29) is 6.04 Å². The van der Waals surface area contributed by atoms with Crippen LogP contribution in [0.2, 0.25) is 0 Å². The van der Waals surface area contributed by atoms with Gasteiger partial charge in [-0.3, -0.25) is 0 Å². The van der Waals surface area contributed by atoms with Gasteiger partial charge in [0.15, 0.2) is 0 Å². The van der Waals surface area contributed by atoms with Crippen LogP contribution in [0.15, 0.2) is 73.3 Å². The second kappa shape index (κ2) is 6.18. The first kappa shape index (κ1) is 13.3. The third-order valence-electron chi connectivity index (χ3n) is 3.50. The summed E-state index contributed by atoms with van der Waals surface area (Å²) < 4.78 is 0. The lowest BCUT2D eigenvalue weighted by Crippen LogP contribution is -2.13. The van der Waals surface area contributed by atoms with E-state index in [4.69, 9.17) is 0 Å². The highest BCUT2D eigenvalue weighted by atomic mass is 15.0. The fourth-order valence-corrected chi connectivity index (χ4v) is 2.44. The van der Waals surface area contributed by atoms with Gasteiger partial charge in [0.05, 0.1) is 24.1 Å². The Bertz CT molecular complexity index is 696. The molecule has 0 amide bonds. The summed E-state index contributed by atoms with van der Waals surface area (Å²) in [5, 5.41) is 3.53. The number of aryl methyl sites for hydroxylation is 1. The minimum absolute atomic E-state index is 0.0819. The molecule has 0 spiro atoms. The topological polar surface area (TPSA) is 37.8 Å². The fourth-order valence-electron chi connectivity index (χ4n) is 2.44. The Labute approximate surface area is 124 Å². The van der Waals surface area contributed by atoms with E-state index in [0.29, 0.717) is 0 Å². The zero-order valence-corrected chi connectivity index (χ0v) is 11.9. The van der Waals surface area contributed by atoms with Gasteiger partial charge in [-0.25, -0.2) is 9.97 Å². The number of hydrogen-bond donors (Lipinski definition) is 1. The van der Waals surface area contributed by atoms with E-state index in [1.807, 2.05) is 6.07 Å². The summed E-state index contributed by atoms with van der Waals surface area (Å²) in [5.74, 6) is 0. The molecule has 1 aromatic heterocycles. The Hall–Kier alpha value is -2.68. The summed E-state index contributed by atoms with van der Waals surface area (Å²) in [4.78, 5) is 8.15. The predicted molar refractivity (Wildman–Crippen MR) is 85.1 cm³/mol. The van der Waals surface area contributed by atoms with Gasteiger partial charge >= 0.3 is 0 Å². The van der Waals surface area contributed by atoms with Crippen molar-refractivity contribution in [1.82, 2.24) is 9.97 Å². The second-order valence-electron chi connectivity index (χ2n) is 4.97. The first-order valence-corrected chi connectivity index (χ1v) is 6.96. The molecule has 1 heterocycles.